The van der Waals surface area contributed by atoms with Gasteiger partial charge < -0.3 is 22.1 Å². The van der Waals surface area contributed by atoms with Crippen LogP contribution in [0, 0.1) is 12.8 Å². The van der Waals surface area contributed by atoms with Crippen LogP contribution in [0.25, 0.3) is 10.1 Å². The minimum atomic E-state index is -0.911. The van der Waals surface area contributed by atoms with Gasteiger partial charge in [0.25, 0.3) is 5.91 Å². The Morgan fingerprint density at radius 2 is 1.59 bits per heavy atom. The number of nitrogens with one attached hydrogen (secondary N) is 4. The predicted octanol–water partition coefficient (Wildman–Crippen LogP) is 1.92. The number of amides is 5. The molecule has 0 aliphatic heterocycles. The van der Waals surface area contributed by atoms with Crippen molar-refractivity contribution in [2.45, 2.75) is 60.0 Å². The lowest BCUT2D eigenvalue weighted by atomic mass is 10.2. The van der Waals surface area contributed by atoms with Gasteiger partial charge in [-0.3, -0.25) is 19.8 Å². The lowest BCUT2D eigenvalue weighted by molar-refractivity contribution is -0.125. The van der Waals surface area contributed by atoms with E-state index in [0.717, 1.165) is 5.92 Å². The molecule has 0 fully saturated rings. The average Bonchev–Trinajstić information content (AvgIpc) is 3.16. The first-order valence-corrected chi connectivity index (χ1v) is 11.9. The second-order valence-electron chi connectivity index (χ2n) is 8.16. The maximum absolute atomic E-state index is 11.4. The van der Waals surface area contributed by atoms with Crippen molar-refractivity contribution < 1.29 is 19.2 Å². The summed E-state index contributed by atoms with van der Waals surface area (Å²) >= 11 is 1.81. The van der Waals surface area contributed by atoms with Gasteiger partial charge in [0.05, 0.1) is 12.6 Å². The molecule has 2 rings (SSSR count). The molecule has 2 atom stereocenters. The van der Waals surface area contributed by atoms with E-state index >= 15 is 0 Å². The van der Waals surface area contributed by atoms with Gasteiger partial charge in [0, 0.05) is 4.70 Å². The topological polar surface area (TPSA) is 168 Å². The summed E-state index contributed by atoms with van der Waals surface area (Å²) in [5.41, 5.74) is 15.8. The number of aryl methyl sites for hydroxylation is 1. The fourth-order valence-corrected chi connectivity index (χ4v) is 3.08. The van der Waals surface area contributed by atoms with Gasteiger partial charge in [-0.2, -0.15) is 0 Å². The summed E-state index contributed by atoms with van der Waals surface area (Å²) in [7, 11) is 0. The number of carbonyl (C=O) groups is 4. The third-order valence-electron chi connectivity index (χ3n) is 3.93. The third kappa shape index (κ3) is 13.4. The van der Waals surface area contributed by atoms with E-state index in [1.807, 2.05) is 16.8 Å². The van der Waals surface area contributed by atoms with E-state index in [1.165, 1.54) is 22.6 Å². The van der Waals surface area contributed by atoms with Crippen molar-refractivity contribution in [1.29, 1.82) is 0 Å². The minimum absolute atomic E-state index is 0.325. The summed E-state index contributed by atoms with van der Waals surface area (Å²) < 4.78 is 1.39. The second-order valence-corrected chi connectivity index (χ2v) is 9.07. The molecule has 5 amide bonds. The summed E-state index contributed by atoms with van der Waals surface area (Å²) in [4.78, 5) is 44.5. The molecule has 0 aliphatic carbocycles. The largest absolute Gasteiger partial charge is 0.368 e. The maximum Gasteiger partial charge on any atom is 0.334 e. The Bertz CT molecular complexity index is 928. The molecule has 0 spiro atoms. The van der Waals surface area contributed by atoms with E-state index in [4.69, 9.17) is 11.5 Å². The Labute approximate surface area is 205 Å². The lowest BCUT2D eigenvalue weighted by Gasteiger charge is -2.15. The molecule has 2 aromatic rings. The Hall–Kier alpha value is -3.18. The van der Waals surface area contributed by atoms with Crippen molar-refractivity contribution in [2.75, 3.05) is 6.54 Å². The maximum atomic E-state index is 11.4. The summed E-state index contributed by atoms with van der Waals surface area (Å²) in [5, 5.41) is 8.06. The van der Waals surface area contributed by atoms with Gasteiger partial charge in [0.1, 0.15) is 6.04 Å². The van der Waals surface area contributed by atoms with E-state index in [9.17, 15) is 19.2 Å². The van der Waals surface area contributed by atoms with Crippen molar-refractivity contribution in [3.05, 3.63) is 35.2 Å². The van der Waals surface area contributed by atoms with E-state index in [2.05, 4.69) is 73.4 Å². The zero-order valence-corrected chi connectivity index (χ0v) is 21.5. The normalized spacial score (nSPS) is 11.6. The fourth-order valence-electron chi connectivity index (χ4n) is 2.13. The van der Waals surface area contributed by atoms with Crippen LogP contribution >= 0.6 is 11.3 Å². The first kappa shape index (κ1) is 30.8. The van der Waals surface area contributed by atoms with Crippen LogP contribution in [0.2, 0.25) is 0 Å². The highest BCUT2D eigenvalue weighted by Crippen LogP contribution is 2.24. The first-order valence-electron chi connectivity index (χ1n) is 11.0. The van der Waals surface area contributed by atoms with Gasteiger partial charge in [-0.1, -0.05) is 45.9 Å². The Balaban J connectivity index is 0.000000632. The third-order valence-corrected chi connectivity index (χ3v) is 5.01. The highest BCUT2D eigenvalue weighted by atomic mass is 32.1. The van der Waals surface area contributed by atoms with Gasteiger partial charge in [0.2, 0.25) is 11.8 Å². The molecule has 1 aromatic carbocycles. The zero-order chi connectivity index (χ0) is 26.3. The number of nitrogens with two attached hydrogens (primary N) is 2. The SMILES string of the molecule is CC(C)C.CCC(N)C(=O)NNC(=O)NC(C)C(=O)NCC(N)=O.Cc1csc2ccccc12. The molecule has 8 N–H and O–H groups in total. The van der Waals surface area contributed by atoms with E-state index in [0.29, 0.717) is 6.42 Å². The molecule has 0 bridgehead atoms. The molecule has 1 aromatic heterocycles. The number of fused-ring (bicyclic) bond motifs is 1. The summed E-state index contributed by atoms with van der Waals surface area (Å²) in [6.45, 7) is 11.4. The van der Waals surface area contributed by atoms with Gasteiger partial charge in [-0.05, 0) is 48.6 Å². The number of primary amides is 1. The fraction of sp³-hybridized carbons (Fsp3) is 0.478. The van der Waals surface area contributed by atoms with Gasteiger partial charge in [-0.25, -0.2) is 10.2 Å². The summed E-state index contributed by atoms with van der Waals surface area (Å²) in [6.07, 6.45) is 0.418. The van der Waals surface area contributed by atoms with Crippen LogP contribution in [0.4, 0.5) is 4.79 Å². The molecule has 10 nitrogen and oxygen atoms in total. The Morgan fingerprint density at radius 1 is 1.00 bits per heavy atom. The smallest absolute Gasteiger partial charge is 0.334 e. The van der Waals surface area contributed by atoms with Crippen LogP contribution in [0.3, 0.4) is 0 Å². The monoisotopic (exact) mass is 494 g/mol. The van der Waals surface area contributed by atoms with Crippen molar-refractivity contribution in [3.8, 4) is 0 Å². The highest BCUT2D eigenvalue weighted by Gasteiger charge is 2.17. The van der Waals surface area contributed by atoms with Crippen LogP contribution < -0.4 is 33.0 Å². The zero-order valence-electron chi connectivity index (χ0n) is 20.7. The molecule has 190 valence electrons. The Kier molecular flexibility index (Phi) is 14.9. The standard InChI is InChI=1S/C10H20N6O4.C9H8S.C4H10/c1-3-6(11)9(19)15-16-10(20)14-5(2)8(18)13-4-7(12)17;1-7-6-10-9-5-3-2-4-8(7)9;1-4(2)3/h5-6H,3-4,11H2,1-2H3,(H2,12,17)(H,13,18)(H,15,19)(H2,14,16,20);2-6H,1H3;4H,1-3H3. The van der Waals surface area contributed by atoms with Gasteiger partial charge in [0.15, 0.2) is 0 Å². The predicted molar refractivity (Wildman–Crippen MR) is 137 cm³/mol. The molecule has 11 heteroatoms. The molecule has 1 heterocycles. The van der Waals surface area contributed by atoms with Crippen molar-refractivity contribution in [2.24, 2.45) is 17.4 Å². The van der Waals surface area contributed by atoms with E-state index in [-0.39, 0.29) is 6.54 Å². The number of benzene rings is 1. The quantitative estimate of drug-likeness (QED) is 0.337. The summed E-state index contributed by atoms with van der Waals surface area (Å²) in [6, 6.07) is 6.06. The number of thiophene rings is 1. The number of rotatable bonds is 6. The molecule has 0 aliphatic rings. The second kappa shape index (κ2) is 16.4. The highest BCUT2D eigenvalue weighted by molar-refractivity contribution is 7.17. The molecule has 0 saturated heterocycles. The number of hydrogen-bond donors (Lipinski definition) is 6. The number of carbonyl (C=O) groups excluding carboxylic acids is 4. The number of hydrogen-bond acceptors (Lipinski definition) is 6. The number of hydrazine groups is 1. The molecule has 0 radical (unpaired) electrons. The van der Waals surface area contributed by atoms with Crippen molar-refractivity contribution in [3.63, 3.8) is 0 Å². The van der Waals surface area contributed by atoms with E-state index in [1.54, 1.807) is 6.92 Å². The summed E-state index contributed by atoms with van der Waals surface area (Å²) in [5.74, 6) is -1.00. The van der Waals surface area contributed by atoms with E-state index < -0.39 is 35.8 Å². The van der Waals surface area contributed by atoms with Crippen LogP contribution in [0.5, 0.6) is 0 Å². The molecular formula is C23H38N6O4S. The van der Waals surface area contributed by atoms with Gasteiger partial charge in [-0.15, -0.1) is 11.3 Å². The van der Waals surface area contributed by atoms with Crippen LogP contribution in [0.1, 0.15) is 46.6 Å². The number of urea groups is 1. The Morgan fingerprint density at radius 3 is 2.12 bits per heavy atom. The minimum Gasteiger partial charge on any atom is -0.368 e. The average molecular weight is 495 g/mol. The van der Waals surface area contributed by atoms with Crippen LogP contribution in [-0.2, 0) is 14.4 Å². The van der Waals surface area contributed by atoms with Crippen LogP contribution in [0.15, 0.2) is 29.6 Å². The van der Waals surface area contributed by atoms with Gasteiger partial charge >= 0.3 is 6.03 Å². The molecule has 2 unspecified atom stereocenters. The van der Waals surface area contributed by atoms with Crippen molar-refractivity contribution in [1.82, 2.24) is 21.5 Å². The lowest BCUT2D eigenvalue weighted by Crippen LogP contribution is -2.55. The van der Waals surface area contributed by atoms with Crippen LogP contribution in [-0.4, -0.2) is 42.4 Å². The molecular weight excluding hydrogens is 456 g/mol. The first-order chi connectivity index (χ1) is 15.9. The molecule has 0 saturated carbocycles. The molecule has 34 heavy (non-hydrogen) atoms. The van der Waals surface area contributed by atoms with Crippen molar-refractivity contribution >= 4 is 45.2 Å².